The van der Waals surface area contributed by atoms with Crippen LogP contribution in [-0.4, -0.2) is 44.3 Å². The van der Waals surface area contributed by atoms with Gasteiger partial charge in [0.1, 0.15) is 0 Å². The summed E-state index contributed by atoms with van der Waals surface area (Å²) in [6, 6.07) is 9.85. The highest BCUT2D eigenvalue weighted by Crippen LogP contribution is 2.34. The molecule has 0 fully saturated rings. The van der Waals surface area contributed by atoms with E-state index in [2.05, 4.69) is 48.3 Å². The van der Waals surface area contributed by atoms with Gasteiger partial charge < -0.3 is 10.1 Å². The third-order valence-electron chi connectivity index (χ3n) is 4.09. The summed E-state index contributed by atoms with van der Waals surface area (Å²) in [5, 5.41) is 3.66. The molecule has 0 aromatic heterocycles. The van der Waals surface area contributed by atoms with E-state index in [0.717, 1.165) is 32.7 Å². The van der Waals surface area contributed by atoms with E-state index in [9.17, 15) is 0 Å². The fraction of sp³-hybridized carbons (Fsp3) is 0.625. The van der Waals surface area contributed by atoms with Gasteiger partial charge in [0.05, 0.1) is 6.61 Å². The topological polar surface area (TPSA) is 24.5 Å². The molecule has 106 valence electrons. The van der Waals surface area contributed by atoms with E-state index in [4.69, 9.17) is 4.74 Å². The molecule has 0 saturated heterocycles. The van der Waals surface area contributed by atoms with Gasteiger partial charge in [0.15, 0.2) is 0 Å². The largest absolute Gasteiger partial charge is 0.383 e. The second-order valence-electron chi connectivity index (χ2n) is 5.13. The number of benzene rings is 1. The van der Waals surface area contributed by atoms with Crippen molar-refractivity contribution in [3.05, 3.63) is 35.4 Å². The van der Waals surface area contributed by atoms with Crippen LogP contribution in [0.4, 0.5) is 0 Å². The summed E-state index contributed by atoms with van der Waals surface area (Å²) in [4.78, 5) is 2.54. The average molecular weight is 262 g/mol. The number of hydrogen-bond donors (Lipinski definition) is 1. The maximum atomic E-state index is 5.24. The van der Waals surface area contributed by atoms with Gasteiger partial charge in [-0.05, 0) is 30.6 Å². The first-order valence-electron chi connectivity index (χ1n) is 7.36. The Morgan fingerprint density at radius 1 is 1.32 bits per heavy atom. The van der Waals surface area contributed by atoms with Crippen molar-refractivity contribution in [1.82, 2.24) is 10.2 Å². The smallest absolute Gasteiger partial charge is 0.0589 e. The predicted octanol–water partition coefficient (Wildman–Crippen LogP) is 2.23. The number of fused-ring (bicyclic) bond motifs is 1. The van der Waals surface area contributed by atoms with E-state index in [1.165, 1.54) is 11.1 Å². The average Bonchev–Trinajstić information content (AvgIpc) is 2.79. The number of nitrogens with one attached hydrogen (secondary N) is 1. The Morgan fingerprint density at radius 3 is 2.79 bits per heavy atom. The highest BCUT2D eigenvalue weighted by molar-refractivity contribution is 5.37. The molecular formula is C16H26N2O. The van der Waals surface area contributed by atoms with E-state index >= 15 is 0 Å². The first-order valence-corrected chi connectivity index (χ1v) is 7.36. The van der Waals surface area contributed by atoms with Gasteiger partial charge in [-0.3, -0.25) is 4.90 Å². The zero-order valence-corrected chi connectivity index (χ0v) is 12.4. The Kier molecular flexibility index (Phi) is 5.37. The van der Waals surface area contributed by atoms with Crippen LogP contribution >= 0.6 is 0 Å². The maximum Gasteiger partial charge on any atom is 0.0589 e. The summed E-state index contributed by atoms with van der Waals surface area (Å²) in [6.07, 6.45) is 1.14. The molecule has 19 heavy (non-hydrogen) atoms. The van der Waals surface area contributed by atoms with Gasteiger partial charge in [-0.2, -0.15) is 0 Å². The summed E-state index contributed by atoms with van der Waals surface area (Å²) in [7, 11) is 1.78. The zero-order chi connectivity index (χ0) is 13.7. The normalized spacial score (nSPS) is 21.9. The van der Waals surface area contributed by atoms with Crippen molar-refractivity contribution in [3.8, 4) is 0 Å². The van der Waals surface area contributed by atoms with Crippen molar-refractivity contribution in [1.29, 1.82) is 0 Å². The molecule has 1 aliphatic rings. The first-order chi connectivity index (χ1) is 9.31. The van der Waals surface area contributed by atoms with Gasteiger partial charge in [0.25, 0.3) is 0 Å². The van der Waals surface area contributed by atoms with Crippen LogP contribution < -0.4 is 5.32 Å². The molecule has 1 N–H and O–H groups in total. The zero-order valence-electron chi connectivity index (χ0n) is 12.4. The highest BCUT2D eigenvalue weighted by Gasteiger charge is 2.34. The van der Waals surface area contributed by atoms with Crippen molar-refractivity contribution in [2.24, 2.45) is 0 Å². The van der Waals surface area contributed by atoms with Gasteiger partial charge >= 0.3 is 0 Å². The van der Waals surface area contributed by atoms with Gasteiger partial charge in [0.2, 0.25) is 0 Å². The van der Waals surface area contributed by atoms with Crippen molar-refractivity contribution in [2.45, 2.75) is 32.4 Å². The highest BCUT2D eigenvalue weighted by atomic mass is 16.5. The Morgan fingerprint density at radius 2 is 2.11 bits per heavy atom. The molecule has 1 aliphatic carbocycles. The second-order valence-corrected chi connectivity index (χ2v) is 5.13. The summed E-state index contributed by atoms with van der Waals surface area (Å²) in [5.41, 5.74) is 2.97. The molecule has 1 aromatic rings. The van der Waals surface area contributed by atoms with Crippen LogP contribution in [-0.2, 0) is 11.2 Å². The fourth-order valence-corrected chi connectivity index (χ4v) is 3.15. The molecule has 0 bridgehead atoms. The molecule has 3 nitrogen and oxygen atoms in total. The summed E-state index contributed by atoms with van der Waals surface area (Å²) >= 11 is 0. The Balaban J connectivity index is 2.16. The quantitative estimate of drug-likeness (QED) is 0.815. The lowest BCUT2D eigenvalue weighted by atomic mass is 10.1. The van der Waals surface area contributed by atoms with Crippen LogP contribution in [0.2, 0.25) is 0 Å². The molecule has 0 radical (unpaired) electrons. The van der Waals surface area contributed by atoms with Crippen LogP contribution in [0.5, 0.6) is 0 Å². The van der Waals surface area contributed by atoms with E-state index < -0.39 is 0 Å². The third-order valence-corrected chi connectivity index (χ3v) is 4.09. The molecule has 0 aliphatic heterocycles. The molecule has 1 aromatic carbocycles. The molecule has 0 heterocycles. The molecule has 0 spiro atoms. The first kappa shape index (κ1) is 14.5. The van der Waals surface area contributed by atoms with Gasteiger partial charge in [-0.15, -0.1) is 0 Å². The van der Waals surface area contributed by atoms with E-state index in [0.29, 0.717) is 12.1 Å². The Hall–Kier alpha value is -0.900. The minimum atomic E-state index is 0.456. The number of methoxy groups -OCH3 is 1. The number of hydrogen-bond acceptors (Lipinski definition) is 3. The molecule has 0 saturated carbocycles. The number of ether oxygens (including phenoxy) is 1. The predicted molar refractivity (Wildman–Crippen MR) is 79.5 cm³/mol. The van der Waals surface area contributed by atoms with Gasteiger partial charge in [-0.25, -0.2) is 0 Å². The molecule has 2 atom stereocenters. The summed E-state index contributed by atoms with van der Waals surface area (Å²) < 4.78 is 5.24. The molecule has 2 rings (SSSR count). The number of rotatable bonds is 7. The number of nitrogens with zero attached hydrogens (tertiary/aromatic N) is 1. The van der Waals surface area contributed by atoms with E-state index in [1.807, 2.05) is 0 Å². The van der Waals surface area contributed by atoms with Crippen LogP contribution in [0, 0.1) is 0 Å². The van der Waals surface area contributed by atoms with Gasteiger partial charge in [-0.1, -0.05) is 38.1 Å². The van der Waals surface area contributed by atoms with Crippen molar-refractivity contribution < 1.29 is 4.74 Å². The van der Waals surface area contributed by atoms with E-state index in [-0.39, 0.29) is 0 Å². The lowest BCUT2D eigenvalue weighted by molar-refractivity contribution is 0.111. The summed E-state index contributed by atoms with van der Waals surface area (Å²) in [6.45, 7) is 8.32. The fourth-order valence-electron chi connectivity index (χ4n) is 3.15. The third kappa shape index (κ3) is 3.16. The van der Waals surface area contributed by atoms with Gasteiger partial charge in [0, 0.05) is 25.7 Å². The lowest BCUT2D eigenvalue weighted by Crippen LogP contribution is -2.44. The lowest BCUT2D eigenvalue weighted by Gasteiger charge is -2.32. The SMILES string of the molecule is CCNC1c2ccccc2CC1N(CC)CCOC. The van der Waals surface area contributed by atoms with Crippen molar-refractivity contribution in [2.75, 3.05) is 33.4 Å². The maximum absolute atomic E-state index is 5.24. The van der Waals surface area contributed by atoms with Crippen LogP contribution in [0.25, 0.3) is 0 Å². The second kappa shape index (κ2) is 7.04. The van der Waals surface area contributed by atoms with Crippen molar-refractivity contribution >= 4 is 0 Å². The molecule has 3 heteroatoms. The van der Waals surface area contributed by atoms with Crippen LogP contribution in [0.1, 0.15) is 31.0 Å². The van der Waals surface area contributed by atoms with Crippen molar-refractivity contribution in [3.63, 3.8) is 0 Å². The molecule has 0 amide bonds. The summed E-state index contributed by atoms with van der Waals surface area (Å²) in [5.74, 6) is 0. The Labute approximate surface area is 116 Å². The molecule has 2 unspecified atom stereocenters. The standard InChI is InChI=1S/C16H26N2O/c1-4-17-16-14-9-7-6-8-13(14)12-15(16)18(5-2)10-11-19-3/h6-9,15-17H,4-5,10-12H2,1-3H3. The Bertz CT molecular complexity index is 394. The monoisotopic (exact) mass is 262 g/mol. The van der Waals surface area contributed by atoms with Crippen LogP contribution in [0.15, 0.2) is 24.3 Å². The number of likely N-dealkylation sites (N-methyl/N-ethyl adjacent to an activating group) is 2. The minimum absolute atomic E-state index is 0.456. The minimum Gasteiger partial charge on any atom is -0.383 e. The van der Waals surface area contributed by atoms with E-state index in [1.54, 1.807) is 7.11 Å². The molecular weight excluding hydrogens is 236 g/mol. The van der Waals surface area contributed by atoms with Crippen LogP contribution in [0.3, 0.4) is 0 Å².